The highest BCUT2D eigenvalue weighted by molar-refractivity contribution is 6.16. The summed E-state index contributed by atoms with van der Waals surface area (Å²) in [6.07, 6.45) is 0. The second-order valence-corrected chi connectivity index (χ2v) is 10.7. The smallest absolute Gasteiger partial charge is 0.153 e. The van der Waals surface area contributed by atoms with Gasteiger partial charge in [-0.3, -0.25) is 0 Å². The number of furan rings is 2. The van der Waals surface area contributed by atoms with Gasteiger partial charge < -0.3 is 13.4 Å². The molecule has 0 aliphatic heterocycles. The first-order valence-corrected chi connectivity index (χ1v) is 14.0. The Labute approximate surface area is 244 Å². The van der Waals surface area contributed by atoms with Gasteiger partial charge in [-0.05, 0) is 54.1 Å². The van der Waals surface area contributed by atoms with Crippen molar-refractivity contribution in [3.8, 4) is 29.0 Å². The molecule has 5 nitrogen and oxygen atoms in total. The molecule has 0 radical (unpaired) electrons. The molecule has 43 heavy (non-hydrogen) atoms. The van der Waals surface area contributed by atoms with Gasteiger partial charge >= 0.3 is 0 Å². The number of hydrogen-bond donors (Lipinski definition) is 0. The van der Waals surface area contributed by atoms with Crippen LogP contribution in [0.1, 0.15) is 11.1 Å². The molecule has 0 N–H and O–H groups in total. The van der Waals surface area contributed by atoms with E-state index in [-0.39, 0.29) is 0 Å². The fourth-order valence-electron chi connectivity index (χ4n) is 6.59. The number of rotatable bonds is 2. The van der Waals surface area contributed by atoms with Gasteiger partial charge in [-0.1, -0.05) is 66.7 Å². The minimum atomic E-state index is 0.507. The maximum Gasteiger partial charge on any atom is 0.153 e. The molecule has 0 saturated heterocycles. The Hall–Kier alpha value is -6.30. The standard InChI is InChI=1S/C38H19N3O2/c39-20-23-7-5-11-25(37(23)41-32-13-3-1-9-26(32)27-10-2-4-14-33(27)41)22-15-16-34-29(17-22)31-19-36-30(18-35(31)42-34)28-12-6-8-24(21-40)38(28)43-36/h1-19H. The van der Waals surface area contributed by atoms with Crippen LogP contribution in [-0.4, -0.2) is 4.57 Å². The zero-order chi connectivity index (χ0) is 28.7. The first-order chi connectivity index (χ1) is 21.2. The van der Waals surface area contributed by atoms with Gasteiger partial charge in [0, 0.05) is 37.9 Å². The normalized spacial score (nSPS) is 11.7. The molecule has 0 atom stereocenters. The molecule has 3 aromatic heterocycles. The maximum atomic E-state index is 10.3. The monoisotopic (exact) mass is 549 g/mol. The summed E-state index contributed by atoms with van der Waals surface area (Å²) < 4.78 is 14.7. The van der Waals surface area contributed by atoms with E-state index in [2.05, 4.69) is 59.2 Å². The van der Waals surface area contributed by atoms with Crippen molar-refractivity contribution >= 4 is 65.7 Å². The van der Waals surface area contributed by atoms with E-state index in [0.717, 1.165) is 71.3 Å². The van der Waals surface area contributed by atoms with E-state index < -0.39 is 0 Å². The SMILES string of the molecule is N#Cc1cccc(-c2ccc3oc4cc5c(cc4c3c2)oc2c(C#N)cccc25)c1-n1c2ccccc2c2ccccc21. The molecule has 0 unspecified atom stereocenters. The molecule has 0 saturated carbocycles. The predicted molar refractivity (Wildman–Crippen MR) is 170 cm³/mol. The van der Waals surface area contributed by atoms with Crippen LogP contribution >= 0.6 is 0 Å². The summed E-state index contributed by atoms with van der Waals surface area (Å²) in [5, 5.41) is 25.8. The molecule has 0 amide bonds. The van der Waals surface area contributed by atoms with Crippen molar-refractivity contribution < 1.29 is 8.83 Å². The van der Waals surface area contributed by atoms with Crippen molar-refractivity contribution in [3.05, 3.63) is 126 Å². The topological polar surface area (TPSA) is 78.8 Å². The summed E-state index contributed by atoms with van der Waals surface area (Å²) in [7, 11) is 0. The van der Waals surface area contributed by atoms with E-state index in [9.17, 15) is 10.5 Å². The van der Waals surface area contributed by atoms with Gasteiger partial charge in [0.15, 0.2) is 5.58 Å². The van der Waals surface area contributed by atoms with E-state index in [1.165, 1.54) is 0 Å². The van der Waals surface area contributed by atoms with E-state index >= 15 is 0 Å². The fourth-order valence-corrected chi connectivity index (χ4v) is 6.59. The molecule has 198 valence electrons. The lowest BCUT2D eigenvalue weighted by Crippen LogP contribution is -2.00. The third-order valence-corrected chi connectivity index (χ3v) is 8.48. The zero-order valence-corrected chi connectivity index (χ0v) is 22.6. The second kappa shape index (κ2) is 8.60. The highest BCUT2D eigenvalue weighted by Gasteiger charge is 2.20. The lowest BCUT2D eigenvalue weighted by Gasteiger charge is -2.16. The Kier molecular flexibility index (Phi) is 4.68. The molecule has 0 fully saturated rings. The van der Waals surface area contributed by atoms with Crippen molar-refractivity contribution in [3.63, 3.8) is 0 Å². The van der Waals surface area contributed by atoms with Crippen molar-refractivity contribution in [1.82, 2.24) is 4.57 Å². The number of para-hydroxylation sites is 4. The first kappa shape index (κ1) is 23.4. The fraction of sp³-hybridized carbons (Fsp3) is 0. The van der Waals surface area contributed by atoms with Crippen molar-refractivity contribution in [2.24, 2.45) is 0 Å². The van der Waals surface area contributed by atoms with E-state index in [1.54, 1.807) is 6.07 Å². The Morgan fingerprint density at radius 3 is 1.84 bits per heavy atom. The molecule has 9 aromatic rings. The quantitative estimate of drug-likeness (QED) is 0.215. The minimum Gasteiger partial charge on any atom is -0.456 e. The molecule has 0 aliphatic rings. The molecular weight excluding hydrogens is 530 g/mol. The molecular formula is C38H19N3O2. The summed E-state index contributed by atoms with van der Waals surface area (Å²) in [4.78, 5) is 0. The van der Waals surface area contributed by atoms with Gasteiger partial charge in [-0.15, -0.1) is 0 Å². The lowest BCUT2D eigenvalue weighted by molar-refractivity contribution is 0.663. The number of nitrogens with zero attached hydrogens (tertiary/aromatic N) is 3. The van der Waals surface area contributed by atoms with Crippen LogP contribution in [-0.2, 0) is 0 Å². The lowest BCUT2D eigenvalue weighted by atomic mass is 9.98. The van der Waals surface area contributed by atoms with Crippen molar-refractivity contribution in [1.29, 1.82) is 10.5 Å². The third-order valence-electron chi connectivity index (χ3n) is 8.48. The highest BCUT2D eigenvalue weighted by Crippen LogP contribution is 2.41. The first-order valence-electron chi connectivity index (χ1n) is 14.0. The van der Waals surface area contributed by atoms with Gasteiger partial charge in [0.05, 0.1) is 27.8 Å². The van der Waals surface area contributed by atoms with Crippen LogP contribution in [0.15, 0.2) is 124 Å². The number of fused-ring (bicyclic) bond motifs is 9. The summed E-state index contributed by atoms with van der Waals surface area (Å²) >= 11 is 0. The molecule has 0 spiro atoms. The average molecular weight is 550 g/mol. The summed E-state index contributed by atoms with van der Waals surface area (Å²) in [6, 6.07) is 43.0. The van der Waals surface area contributed by atoms with Crippen LogP contribution in [0.5, 0.6) is 0 Å². The molecule has 3 heterocycles. The Bertz CT molecular complexity index is 2650. The minimum absolute atomic E-state index is 0.507. The number of hydrogen-bond acceptors (Lipinski definition) is 4. The van der Waals surface area contributed by atoms with Gasteiger partial charge in [0.2, 0.25) is 0 Å². The highest BCUT2D eigenvalue weighted by atomic mass is 16.3. The zero-order valence-electron chi connectivity index (χ0n) is 22.6. The van der Waals surface area contributed by atoms with Crippen LogP contribution in [0, 0.1) is 22.7 Å². The van der Waals surface area contributed by atoms with Gasteiger partial charge in [0.25, 0.3) is 0 Å². The number of benzene rings is 6. The third kappa shape index (κ3) is 3.19. The van der Waals surface area contributed by atoms with Crippen molar-refractivity contribution in [2.75, 3.05) is 0 Å². The maximum absolute atomic E-state index is 10.3. The van der Waals surface area contributed by atoms with Gasteiger partial charge in [-0.2, -0.15) is 10.5 Å². The number of nitriles is 2. The Balaban J connectivity index is 1.33. The molecule has 0 aliphatic carbocycles. The average Bonchev–Trinajstić information content (AvgIpc) is 3.72. The van der Waals surface area contributed by atoms with E-state index in [4.69, 9.17) is 8.83 Å². The molecule has 0 bridgehead atoms. The Morgan fingerprint density at radius 2 is 1.09 bits per heavy atom. The predicted octanol–water partition coefficient (Wildman–Crippen LogP) is 9.99. The summed E-state index contributed by atoms with van der Waals surface area (Å²) in [5.41, 5.74) is 8.77. The molecule has 6 aromatic carbocycles. The second-order valence-electron chi connectivity index (χ2n) is 10.7. The van der Waals surface area contributed by atoms with E-state index in [1.807, 2.05) is 66.7 Å². The van der Waals surface area contributed by atoms with Crippen LogP contribution in [0.3, 0.4) is 0 Å². The summed E-state index contributed by atoms with van der Waals surface area (Å²) in [6.45, 7) is 0. The summed E-state index contributed by atoms with van der Waals surface area (Å²) in [5.74, 6) is 0. The van der Waals surface area contributed by atoms with Crippen LogP contribution < -0.4 is 0 Å². The largest absolute Gasteiger partial charge is 0.456 e. The number of aromatic nitrogens is 1. The van der Waals surface area contributed by atoms with E-state index in [0.29, 0.717) is 22.3 Å². The van der Waals surface area contributed by atoms with Crippen LogP contribution in [0.25, 0.3) is 82.5 Å². The van der Waals surface area contributed by atoms with Gasteiger partial charge in [0.1, 0.15) is 28.9 Å². The van der Waals surface area contributed by atoms with Crippen molar-refractivity contribution in [2.45, 2.75) is 0 Å². The Morgan fingerprint density at radius 1 is 0.488 bits per heavy atom. The van der Waals surface area contributed by atoms with Gasteiger partial charge in [-0.25, -0.2) is 0 Å². The molecule has 5 heteroatoms. The molecule has 9 rings (SSSR count). The van der Waals surface area contributed by atoms with Crippen LogP contribution in [0.4, 0.5) is 0 Å². The van der Waals surface area contributed by atoms with Crippen LogP contribution in [0.2, 0.25) is 0 Å².